The average Bonchev–Trinajstić information content (AvgIpc) is 3.34. The minimum absolute atomic E-state index is 0.000987. The van der Waals surface area contributed by atoms with Gasteiger partial charge < -0.3 is 14.5 Å². The first kappa shape index (κ1) is 22.7. The SMILES string of the molecule is CC(C)CCNC(=O)NC(=O)COC(=O)c1ccc2c(c1)C(=O)N(Cc1ccco1)C2=O. The van der Waals surface area contributed by atoms with E-state index in [-0.39, 0.29) is 23.2 Å². The molecule has 0 aliphatic carbocycles. The molecule has 1 aromatic carbocycles. The monoisotopic (exact) mass is 441 g/mol. The van der Waals surface area contributed by atoms with Crippen molar-refractivity contribution in [1.29, 1.82) is 0 Å². The van der Waals surface area contributed by atoms with Gasteiger partial charge in [0, 0.05) is 6.54 Å². The number of hydrogen-bond donors (Lipinski definition) is 2. The number of esters is 1. The first-order valence-corrected chi connectivity index (χ1v) is 10.0. The maximum Gasteiger partial charge on any atom is 0.338 e. The van der Waals surface area contributed by atoms with E-state index in [2.05, 4.69) is 10.6 Å². The molecule has 0 saturated carbocycles. The van der Waals surface area contributed by atoms with Crippen LogP contribution in [0.15, 0.2) is 41.0 Å². The Hall–Kier alpha value is -3.95. The largest absolute Gasteiger partial charge is 0.467 e. The molecule has 0 bridgehead atoms. The average molecular weight is 441 g/mol. The van der Waals surface area contributed by atoms with Gasteiger partial charge in [-0.3, -0.25) is 24.6 Å². The first-order valence-electron chi connectivity index (χ1n) is 10.0. The molecule has 1 aliphatic heterocycles. The molecule has 10 nitrogen and oxygen atoms in total. The first-order chi connectivity index (χ1) is 15.3. The van der Waals surface area contributed by atoms with Crippen LogP contribution in [0.25, 0.3) is 0 Å². The van der Waals surface area contributed by atoms with Crippen LogP contribution in [0.1, 0.15) is 57.1 Å². The van der Waals surface area contributed by atoms with E-state index in [1.807, 2.05) is 13.8 Å². The summed E-state index contributed by atoms with van der Waals surface area (Å²) in [6, 6.07) is 6.55. The van der Waals surface area contributed by atoms with Gasteiger partial charge in [-0.1, -0.05) is 13.8 Å². The lowest BCUT2D eigenvalue weighted by Crippen LogP contribution is -2.42. The third kappa shape index (κ3) is 5.39. The van der Waals surface area contributed by atoms with Crippen molar-refractivity contribution in [3.05, 3.63) is 59.0 Å². The third-order valence-electron chi connectivity index (χ3n) is 4.69. The lowest BCUT2D eigenvalue weighted by atomic mass is 10.1. The highest BCUT2D eigenvalue weighted by atomic mass is 16.5. The van der Waals surface area contributed by atoms with Crippen LogP contribution in [0.2, 0.25) is 0 Å². The van der Waals surface area contributed by atoms with Gasteiger partial charge in [-0.15, -0.1) is 0 Å². The highest BCUT2D eigenvalue weighted by Crippen LogP contribution is 2.26. The van der Waals surface area contributed by atoms with E-state index in [0.29, 0.717) is 18.2 Å². The highest BCUT2D eigenvalue weighted by molar-refractivity contribution is 6.21. The number of amides is 5. The van der Waals surface area contributed by atoms with Gasteiger partial charge in [0.1, 0.15) is 5.76 Å². The zero-order chi connectivity index (χ0) is 23.3. The fourth-order valence-electron chi connectivity index (χ4n) is 3.02. The van der Waals surface area contributed by atoms with Crippen LogP contribution in [0.4, 0.5) is 4.79 Å². The molecule has 0 radical (unpaired) electrons. The Bertz CT molecular complexity index is 1040. The Kier molecular flexibility index (Phi) is 7.04. The van der Waals surface area contributed by atoms with Crippen molar-refractivity contribution in [3.63, 3.8) is 0 Å². The number of carbonyl (C=O) groups excluding carboxylic acids is 5. The molecule has 2 N–H and O–H groups in total. The molecule has 1 aromatic heterocycles. The molecule has 10 heteroatoms. The maximum atomic E-state index is 12.6. The van der Waals surface area contributed by atoms with Gasteiger partial charge in [-0.2, -0.15) is 0 Å². The fourth-order valence-corrected chi connectivity index (χ4v) is 3.02. The summed E-state index contributed by atoms with van der Waals surface area (Å²) >= 11 is 0. The Labute approximate surface area is 183 Å². The van der Waals surface area contributed by atoms with Gasteiger partial charge >= 0.3 is 12.0 Å². The van der Waals surface area contributed by atoms with E-state index in [4.69, 9.17) is 9.15 Å². The summed E-state index contributed by atoms with van der Waals surface area (Å²) in [6.45, 7) is 3.71. The lowest BCUT2D eigenvalue weighted by molar-refractivity contribution is -0.123. The molecule has 3 rings (SSSR count). The minimum Gasteiger partial charge on any atom is -0.467 e. The number of benzene rings is 1. The summed E-state index contributed by atoms with van der Waals surface area (Å²) in [4.78, 5) is 61.8. The Morgan fingerprint density at radius 2 is 1.84 bits per heavy atom. The fraction of sp³-hybridized carbons (Fsp3) is 0.318. The van der Waals surface area contributed by atoms with Crippen molar-refractivity contribution in [3.8, 4) is 0 Å². The zero-order valence-electron chi connectivity index (χ0n) is 17.7. The second-order valence-corrected chi connectivity index (χ2v) is 7.60. The smallest absolute Gasteiger partial charge is 0.338 e. The van der Waals surface area contributed by atoms with Gasteiger partial charge in [0.2, 0.25) is 0 Å². The summed E-state index contributed by atoms with van der Waals surface area (Å²) in [5.41, 5.74) is 0.220. The van der Waals surface area contributed by atoms with E-state index in [1.54, 1.807) is 12.1 Å². The van der Waals surface area contributed by atoms with Gasteiger partial charge in [0.05, 0.1) is 29.5 Å². The van der Waals surface area contributed by atoms with Crippen molar-refractivity contribution in [2.45, 2.75) is 26.8 Å². The summed E-state index contributed by atoms with van der Waals surface area (Å²) in [7, 11) is 0. The van der Waals surface area contributed by atoms with Crippen LogP contribution in [0.5, 0.6) is 0 Å². The molecule has 0 atom stereocenters. The molecule has 2 aromatic rings. The molecule has 0 unspecified atom stereocenters. The maximum absolute atomic E-state index is 12.6. The van der Waals surface area contributed by atoms with Gasteiger partial charge in [-0.25, -0.2) is 9.59 Å². The lowest BCUT2D eigenvalue weighted by Gasteiger charge is -2.11. The highest BCUT2D eigenvalue weighted by Gasteiger charge is 2.36. The molecular formula is C22H23N3O7. The van der Waals surface area contributed by atoms with Crippen molar-refractivity contribution < 1.29 is 33.1 Å². The minimum atomic E-state index is -0.868. The quantitative estimate of drug-likeness (QED) is 0.473. The molecular weight excluding hydrogens is 418 g/mol. The number of urea groups is 1. The van der Waals surface area contributed by atoms with Crippen molar-refractivity contribution in [2.24, 2.45) is 5.92 Å². The van der Waals surface area contributed by atoms with E-state index < -0.39 is 36.3 Å². The summed E-state index contributed by atoms with van der Waals surface area (Å²) in [6.07, 6.45) is 2.20. The number of fused-ring (bicyclic) bond motifs is 1. The van der Waals surface area contributed by atoms with Gasteiger partial charge in [0.15, 0.2) is 6.61 Å². The number of ether oxygens (including phenoxy) is 1. The molecule has 2 heterocycles. The van der Waals surface area contributed by atoms with E-state index >= 15 is 0 Å². The number of carbonyl (C=O) groups is 5. The Morgan fingerprint density at radius 3 is 2.53 bits per heavy atom. The van der Waals surface area contributed by atoms with Crippen molar-refractivity contribution in [2.75, 3.05) is 13.2 Å². The summed E-state index contributed by atoms with van der Waals surface area (Å²) in [5.74, 6) is -1.88. The number of imide groups is 2. The number of rotatable bonds is 8. The standard InChI is InChI=1S/C22H23N3O7/c1-13(2)7-8-23-22(30)24-18(26)12-32-21(29)14-5-6-16-17(10-14)20(28)25(19(16)27)11-15-4-3-9-31-15/h3-6,9-10,13H,7-8,11-12H2,1-2H3,(H2,23,24,26,30). The number of nitrogens with one attached hydrogen (secondary N) is 2. The van der Waals surface area contributed by atoms with E-state index in [9.17, 15) is 24.0 Å². The van der Waals surface area contributed by atoms with Crippen LogP contribution < -0.4 is 10.6 Å². The van der Waals surface area contributed by atoms with Crippen LogP contribution in [0.3, 0.4) is 0 Å². The Balaban J connectivity index is 1.55. The summed E-state index contributed by atoms with van der Waals surface area (Å²) < 4.78 is 10.1. The zero-order valence-corrected chi connectivity index (χ0v) is 17.7. The molecule has 168 valence electrons. The molecule has 0 spiro atoms. The van der Waals surface area contributed by atoms with E-state index in [0.717, 1.165) is 11.3 Å². The van der Waals surface area contributed by atoms with Crippen LogP contribution >= 0.6 is 0 Å². The van der Waals surface area contributed by atoms with Gasteiger partial charge in [-0.05, 0) is 42.7 Å². The molecule has 0 fully saturated rings. The van der Waals surface area contributed by atoms with Crippen molar-refractivity contribution in [1.82, 2.24) is 15.5 Å². The number of furan rings is 1. The van der Waals surface area contributed by atoms with Crippen molar-refractivity contribution >= 4 is 29.7 Å². The second kappa shape index (κ2) is 9.90. The normalized spacial score (nSPS) is 12.7. The number of hydrogen-bond acceptors (Lipinski definition) is 7. The summed E-state index contributed by atoms with van der Waals surface area (Å²) in [5, 5.41) is 4.59. The second-order valence-electron chi connectivity index (χ2n) is 7.60. The Morgan fingerprint density at radius 1 is 1.09 bits per heavy atom. The molecule has 1 aliphatic rings. The van der Waals surface area contributed by atoms with Crippen LogP contribution in [-0.4, -0.2) is 47.8 Å². The van der Waals surface area contributed by atoms with Crippen LogP contribution in [-0.2, 0) is 16.1 Å². The molecule has 5 amide bonds. The third-order valence-corrected chi connectivity index (χ3v) is 4.69. The molecule has 0 saturated heterocycles. The predicted molar refractivity (Wildman–Crippen MR) is 111 cm³/mol. The molecule has 32 heavy (non-hydrogen) atoms. The van der Waals surface area contributed by atoms with Crippen LogP contribution in [0, 0.1) is 5.92 Å². The van der Waals surface area contributed by atoms with Gasteiger partial charge in [0.25, 0.3) is 17.7 Å². The predicted octanol–water partition coefficient (Wildman–Crippen LogP) is 2.10. The topological polar surface area (TPSA) is 135 Å². The van der Waals surface area contributed by atoms with E-state index in [1.165, 1.54) is 24.5 Å². The number of nitrogens with zero attached hydrogens (tertiary/aromatic N) is 1.